The molecule has 9 heteroatoms. The maximum atomic E-state index is 12.0. The summed E-state index contributed by atoms with van der Waals surface area (Å²) in [6.45, 7) is -0.263. The number of hydrogen-bond donors (Lipinski definition) is 1. The van der Waals surface area contributed by atoms with Gasteiger partial charge in [0.2, 0.25) is 5.76 Å². The van der Waals surface area contributed by atoms with Gasteiger partial charge in [0.05, 0.1) is 23.2 Å². The van der Waals surface area contributed by atoms with Crippen LogP contribution >= 0.6 is 0 Å². The maximum Gasteiger partial charge on any atom is 0.371 e. The number of fused-ring (bicyclic) bond motifs is 1. The van der Waals surface area contributed by atoms with Crippen LogP contribution in [0, 0.1) is 10.1 Å². The molecule has 0 saturated carbocycles. The summed E-state index contributed by atoms with van der Waals surface area (Å²) in [5, 5.41) is 19.6. The highest BCUT2D eigenvalue weighted by Gasteiger charge is 2.28. The lowest BCUT2D eigenvalue weighted by molar-refractivity contribution is -0.384. The van der Waals surface area contributed by atoms with Crippen LogP contribution in [0.1, 0.15) is 16.3 Å². The van der Waals surface area contributed by atoms with E-state index in [2.05, 4.69) is 0 Å². The third kappa shape index (κ3) is 2.71. The molecule has 2 heterocycles. The summed E-state index contributed by atoms with van der Waals surface area (Å²) in [5.41, 5.74) is 0.212. The number of nitro groups is 1. The molecule has 0 spiro atoms. The van der Waals surface area contributed by atoms with Crippen molar-refractivity contribution in [3.05, 3.63) is 52.0 Å². The van der Waals surface area contributed by atoms with Gasteiger partial charge in [-0.2, -0.15) is 0 Å². The van der Waals surface area contributed by atoms with E-state index < -0.39 is 10.9 Å². The van der Waals surface area contributed by atoms with E-state index in [1.807, 2.05) is 0 Å². The van der Waals surface area contributed by atoms with Gasteiger partial charge < -0.3 is 14.3 Å². The van der Waals surface area contributed by atoms with Crippen molar-refractivity contribution in [2.75, 3.05) is 11.5 Å². The summed E-state index contributed by atoms with van der Waals surface area (Å²) in [5.74, 6) is -1.31. The number of aromatic carboxylic acids is 1. The predicted molar refractivity (Wildman–Crippen MR) is 75.4 cm³/mol. The number of carboxylic acids is 1. The molecule has 2 aromatic rings. The molecular weight excluding hydrogens is 308 g/mol. The van der Waals surface area contributed by atoms with E-state index in [4.69, 9.17) is 14.3 Å². The Kier molecular flexibility index (Phi) is 3.45. The highest BCUT2D eigenvalue weighted by molar-refractivity contribution is 5.98. The van der Waals surface area contributed by atoms with Gasteiger partial charge in [-0.3, -0.25) is 19.8 Å². The summed E-state index contributed by atoms with van der Waals surface area (Å²) in [6, 6.07) is 6.65. The Balaban J connectivity index is 1.91. The highest BCUT2D eigenvalue weighted by Crippen LogP contribution is 2.36. The molecule has 1 aromatic heterocycles. The molecule has 9 nitrogen and oxygen atoms in total. The lowest BCUT2D eigenvalue weighted by Gasteiger charge is -2.28. The molecule has 1 aliphatic rings. The molecule has 0 unspecified atom stereocenters. The number of nitro benzene ring substituents is 1. The third-order valence-corrected chi connectivity index (χ3v) is 3.28. The molecule has 0 fully saturated rings. The van der Waals surface area contributed by atoms with Gasteiger partial charge in [-0.25, -0.2) is 4.79 Å². The number of furan rings is 1. The zero-order valence-corrected chi connectivity index (χ0v) is 11.6. The molecule has 1 amide bonds. The Morgan fingerprint density at radius 1 is 1.35 bits per heavy atom. The Hall–Kier alpha value is -3.36. The normalized spacial score (nSPS) is 13.4. The van der Waals surface area contributed by atoms with Crippen molar-refractivity contribution >= 4 is 23.3 Å². The van der Waals surface area contributed by atoms with Gasteiger partial charge in [0.25, 0.3) is 11.6 Å². The minimum atomic E-state index is -1.21. The Morgan fingerprint density at radius 3 is 2.78 bits per heavy atom. The average Bonchev–Trinajstić information content (AvgIpc) is 2.98. The number of amides is 1. The van der Waals surface area contributed by atoms with E-state index in [9.17, 15) is 19.7 Å². The zero-order chi connectivity index (χ0) is 16.6. The molecule has 0 atom stereocenters. The van der Waals surface area contributed by atoms with Crippen molar-refractivity contribution in [1.82, 2.24) is 0 Å². The van der Waals surface area contributed by atoms with Crippen molar-refractivity contribution in [3.8, 4) is 5.75 Å². The topological polar surface area (TPSA) is 123 Å². The Labute approximate surface area is 128 Å². The number of anilines is 1. The van der Waals surface area contributed by atoms with Gasteiger partial charge in [-0.1, -0.05) is 0 Å². The quantitative estimate of drug-likeness (QED) is 0.673. The second kappa shape index (κ2) is 5.44. The van der Waals surface area contributed by atoms with Crippen LogP contribution < -0.4 is 9.64 Å². The zero-order valence-electron chi connectivity index (χ0n) is 11.6. The molecule has 0 saturated heterocycles. The van der Waals surface area contributed by atoms with Gasteiger partial charge in [0.1, 0.15) is 5.76 Å². The van der Waals surface area contributed by atoms with Crippen LogP contribution in [-0.4, -0.2) is 28.5 Å². The molecule has 1 N–H and O–H groups in total. The van der Waals surface area contributed by atoms with Crippen LogP contribution in [0.3, 0.4) is 0 Å². The van der Waals surface area contributed by atoms with Crippen LogP contribution in [0.15, 0.2) is 34.7 Å². The summed E-state index contributed by atoms with van der Waals surface area (Å²) in [6.07, 6.45) is 0. The number of carbonyl (C=O) groups is 2. The van der Waals surface area contributed by atoms with Gasteiger partial charge in [0, 0.05) is 6.07 Å². The van der Waals surface area contributed by atoms with E-state index >= 15 is 0 Å². The average molecular weight is 318 g/mol. The largest absolute Gasteiger partial charge is 0.481 e. The lowest BCUT2D eigenvalue weighted by Crippen LogP contribution is -2.38. The molecular formula is C14H10N2O7. The first-order valence-corrected chi connectivity index (χ1v) is 6.49. The smallest absolute Gasteiger partial charge is 0.371 e. The molecule has 118 valence electrons. The van der Waals surface area contributed by atoms with Crippen LogP contribution in [-0.2, 0) is 11.3 Å². The van der Waals surface area contributed by atoms with Crippen LogP contribution in [0.25, 0.3) is 0 Å². The van der Waals surface area contributed by atoms with Crippen molar-refractivity contribution in [1.29, 1.82) is 0 Å². The number of carboxylic acid groups (broad SMARTS) is 1. The van der Waals surface area contributed by atoms with E-state index in [-0.39, 0.29) is 42.0 Å². The molecule has 0 radical (unpaired) electrons. The fraction of sp³-hybridized carbons (Fsp3) is 0.143. The fourth-order valence-electron chi connectivity index (χ4n) is 2.21. The third-order valence-electron chi connectivity index (χ3n) is 3.28. The molecule has 0 bridgehead atoms. The molecule has 3 rings (SSSR count). The SMILES string of the molecule is O=C(O)c1ccc(CN2C(=O)COc3cc([N+](=O)[O-])ccc32)o1. The fourth-order valence-corrected chi connectivity index (χ4v) is 2.21. The van der Waals surface area contributed by atoms with Crippen molar-refractivity contribution in [3.63, 3.8) is 0 Å². The first kappa shape index (κ1) is 14.6. The minimum Gasteiger partial charge on any atom is -0.481 e. The molecule has 1 aliphatic heterocycles. The first-order chi connectivity index (χ1) is 11.0. The molecule has 0 aliphatic carbocycles. The number of benzene rings is 1. The number of hydrogen-bond acceptors (Lipinski definition) is 6. The van der Waals surface area contributed by atoms with Gasteiger partial charge in [0.15, 0.2) is 12.4 Å². The highest BCUT2D eigenvalue weighted by atomic mass is 16.6. The number of nitrogens with zero attached hydrogens (tertiary/aromatic N) is 2. The van der Waals surface area contributed by atoms with Gasteiger partial charge >= 0.3 is 5.97 Å². The number of non-ortho nitro benzene ring substituents is 1. The van der Waals surface area contributed by atoms with Crippen molar-refractivity contribution in [2.45, 2.75) is 6.54 Å². The Bertz CT molecular complexity index is 811. The second-order valence-electron chi connectivity index (χ2n) is 4.75. The summed E-state index contributed by atoms with van der Waals surface area (Å²) < 4.78 is 10.3. The van der Waals surface area contributed by atoms with Crippen molar-refractivity contribution in [2.24, 2.45) is 0 Å². The van der Waals surface area contributed by atoms with E-state index in [1.165, 1.54) is 35.2 Å². The maximum absolute atomic E-state index is 12.0. The summed E-state index contributed by atoms with van der Waals surface area (Å²) in [4.78, 5) is 34.4. The van der Waals surface area contributed by atoms with Crippen molar-refractivity contribution < 1.29 is 28.8 Å². The minimum absolute atomic E-state index is 0.000282. The standard InChI is InChI=1S/C14H10N2O7/c17-13-7-22-12-5-8(16(20)21)1-3-10(12)15(13)6-9-2-4-11(23-9)14(18)19/h1-5H,6-7H2,(H,18,19). The summed E-state index contributed by atoms with van der Waals surface area (Å²) >= 11 is 0. The van der Waals surface area contributed by atoms with E-state index in [1.54, 1.807) is 0 Å². The number of rotatable bonds is 4. The molecule has 23 heavy (non-hydrogen) atoms. The van der Waals surface area contributed by atoms with Gasteiger partial charge in [-0.05, 0) is 18.2 Å². The van der Waals surface area contributed by atoms with Crippen LogP contribution in [0.2, 0.25) is 0 Å². The lowest BCUT2D eigenvalue weighted by atomic mass is 10.2. The first-order valence-electron chi connectivity index (χ1n) is 6.49. The van der Waals surface area contributed by atoms with Gasteiger partial charge in [-0.15, -0.1) is 0 Å². The van der Waals surface area contributed by atoms with E-state index in [0.29, 0.717) is 5.69 Å². The number of carbonyl (C=O) groups excluding carboxylic acids is 1. The van der Waals surface area contributed by atoms with Crippen LogP contribution in [0.5, 0.6) is 5.75 Å². The van der Waals surface area contributed by atoms with Crippen LogP contribution in [0.4, 0.5) is 11.4 Å². The monoisotopic (exact) mass is 318 g/mol. The Morgan fingerprint density at radius 2 is 2.13 bits per heavy atom. The van der Waals surface area contributed by atoms with E-state index in [0.717, 1.165) is 0 Å². The second-order valence-corrected chi connectivity index (χ2v) is 4.75. The summed E-state index contributed by atoms with van der Waals surface area (Å²) in [7, 11) is 0. The predicted octanol–water partition coefficient (Wildman–Crippen LogP) is 1.81. The number of ether oxygens (including phenoxy) is 1. The molecule has 1 aromatic carbocycles.